The van der Waals surface area contributed by atoms with Crippen molar-refractivity contribution in [3.05, 3.63) is 352 Å². The Labute approximate surface area is 565 Å². The van der Waals surface area contributed by atoms with E-state index in [1.54, 1.807) is 0 Å². The molecule has 0 saturated heterocycles. The van der Waals surface area contributed by atoms with Crippen molar-refractivity contribution in [2.45, 2.75) is 0 Å². The van der Waals surface area contributed by atoms with Gasteiger partial charge in [-0.2, -0.15) is 0 Å². The smallest absolute Gasteiger partial charge is 0.136 e. The van der Waals surface area contributed by atoms with E-state index in [0.717, 1.165) is 93.8 Å². The summed E-state index contributed by atoms with van der Waals surface area (Å²) >= 11 is 0. The van der Waals surface area contributed by atoms with E-state index in [1.165, 1.54) is 115 Å². The Kier molecular flexibility index (Phi) is 12.7. The Hall–Kier alpha value is -12.9. The zero-order valence-corrected chi connectivity index (χ0v) is 53.3. The van der Waals surface area contributed by atoms with E-state index in [2.05, 4.69) is 352 Å². The number of rotatable bonds is 9. The van der Waals surface area contributed by atoms with Crippen LogP contribution >= 0.6 is 0 Å². The maximum absolute atomic E-state index is 7.13. The maximum atomic E-state index is 7.13. The fourth-order valence-corrected chi connectivity index (χ4v) is 16.5. The number of hydrogen-bond donors (Lipinski definition) is 0. The average Bonchev–Trinajstić information content (AvgIpc) is 1.15. The number of fused-ring (bicyclic) bond motifs is 14. The number of benzene rings is 18. The summed E-state index contributed by atoms with van der Waals surface area (Å²) in [7, 11) is 0. The summed E-state index contributed by atoms with van der Waals surface area (Å²) in [6.07, 6.45) is 0. The Balaban J connectivity index is 0.719. The molecule has 0 unspecified atom stereocenters. The van der Waals surface area contributed by atoms with Crippen LogP contribution in [0.1, 0.15) is 0 Å². The van der Waals surface area contributed by atoms with E-state index in [9.17, 15) is 0 Å². The second-order valence-corrected chi connectivity index (χ2v) is 25.9. The Morgan fingerprint density at radius 2 is 0.510 bits per heavy atom. The van der Waals surface area contributed by atoms with Gasteiger partial charge in [0.15, 0.2) is 0 Å². The third kappa shape index (κ3) is 8.68. The molecule has 0 bridgehead atoms. The highest BCUT2D eigenvalue weighted by Crippen LogP contribution is 2.52. The van der Waals surface area contributed by atoms with E-state index in [4.69, 9.17) is 8.83 Å². The van der Waals surface area contributed by atoms with Crippen LogP contribution < -0.4 is 0 Å². The second-order valence-electron chi connectivity index (χ2n) is 25.9. The Morgan fingerprint density at radius 1 is 0.143 bits per heavy atom. The topological polar surface area (TPSA) is 26.3 Å². The van der Waals surface area contributed by atoms with Crippen molar-refractivity contribution in [3.63, 3.8) is 0 Å². The normalized spacial score (nSPS) is 11.9. The quantitative estimate of drug-likeness (QED) is 0.135. The van der Waals surface area contributed by atoms with Crippen LogP contribution in [0, 0.1) is 0 Å². The highest BCUT2D eigenvalue weighted by atomic mass is 16.3. The van der Waals surface area contributed by atoms with Crippen LogP contribution in [0.4, 0.5) is 0 Å². The van der Waals surface area contributed by atoms with Crippen molar-refractivity contribution in [1.29, 1.82) is 0 Å². The fraction of sp³-hybridized carbons (Fsp3) is 0. The first-order valence-corrected chi connectivity index (χ1v) is 33.8. The van der Waals surface area contributed by atoms with Crippen LogP contribution in [0.2, 0.25) is 0 Å². The van der Waals surface area contributed by atoms with Crippen LogP contribution in [0.5, 0.6) is 0 Å². The first-order valence-electron chi connectivity index (χ1n) is 33.8. The molecular weight excluding hydrogens is 1190 g/mol. The molecule has 0 fully saturated rings. The molecular formula is C96H58O2. The van der Waals surface area contributed by atoms with Crippen molar-refractivity contribution in [1.82, 2.24) is 0 Å². The summed E-state index contributed by atoms with van der Waals surface area (Å²) in [5, 5.41) is 18.9. The molecule has 2 heteroatoms. The van der Waals surface area contributed by atoms with E-state index >= 15 is 0 Å². The van der Waals surface area contributed by atoms with Gasteiger partial charge in [0.1, 0.15) is 22.3 Å². The zero-order valence-electron chi connectivity index (χ0n) is 53.3. The minimum atomic E-state index is 0.854. The fourth-order valence-electron chi connectivity index (χ4n) is 16.5. The van der Waals surface area contributed by atoms with Crippen LogP contribution in [0.3, 0.4) is 0 Å². The minimum Gasteiger partial charge on any atom is -0.456 e. The van der Waals surface area contributed by atoms with Gasteiger partial charge in [0.05, 0.1) is 0 Å². The average molecular weight is 1240 g/mol. The third-order valence-corrected chi connectivity index (χ3v) is 20.7. The molecule has 0 aliphatic heterocycles. The Bertz CT molecular complexity index is 6530. The van der Waals surface area contributed by atoms with Gasteiger partial charge in [0.2, 0.25) is 0 Å². The first kappa shape index (κ1) is 55.6. The van der Waals surface area contributed by atoms with E-state index in [-0.39, 0.29) is 0 Å². The summed E-state index contributed by atoms with van der Waals surface area (Å²) in [5.74, 6) is 0. The van der Waals surface area contributed by atoms with Crippen molar-refractivity contribution in [2.75, 3.05) is 0 Å². The molecule has 0 radical (unpaired) electrons. The van der Waals surface area contributed by atoms with Crippen molar-refractivity contribution >= 4 is 109 Å². The predicted molar refractivity (Wildman–Crippen MR) is 415 cm³/mol. The van der Waals surface area contributed by atoms with Gasteiger partial charge in [0, 0.05) is 21.5 Å². The number of furan rings is 2. The molecule has 0 aliphatic carbocycles. The summed E-state index contributed by atoms with van der Waals surface area (Å²) in [4.78, 5) is 0. The summed E-state index contributed by atoms with van der Waals surface area (Å²) < 4.78 is 13.7. The molecule has 0 amide bonds. The van der Waals surface area contributed by atoms with Gasteiger partial charge in [-0.1, -0.05) is 315 Å². The maximum Gasteiger partial charge on any atom is 0.136 e. The molecule has 18 aromatic carbocycles. The predicted octanol–water partition coefficient (Wildman–Crippen LogP) is 27.4. The molecule has 0 aliphatic rings. The molecule has 0 spiro atoms. The molecule has 2 aromatic heterocycles. The lowest BCUT2D eigenvalue weighted by Gasteiger charge is -2.21. The van der Waals surface area contributed by atoms with Crippen LogP contribution in [-0.2, 0) is 0 Å². The lowest BCUT2D eigenvalue weighted by Crippen LogP contribution is -1.94. The Morgan fingerprint density at radius 3 is 1.11 bits per heavy atom. The van der Waals surface area contributed by atoms with Gasteiger partial charge in [-0.05, 0) is 201 Å². The lowest BCUT2D eigenvalue weighted by molar-refractivity contribution is 0.669. The standard InChI is InChI=1S/C96H58O2/c1-3-24-59(25-4-1)67-31-9-11-34-72(67)91-80-42-19-15-38-76(80)90(77-39-16-20-43-81(77)91)66-30-21-29-64(56-66)70-45-23-47-86-95(70)96-73-35-12-10-33-71(73)84(58-88(96)98-86)65-52-54-82(83(57-65)60-26-5-2-6-27-60)92-78-40-17-13-36-74(78)89(75-37-14-18-41-79(75)92)63-50-48-62(49-51-63)69-44-22-46-85-93(69)94-68-32-8-7-28-61(68)53-55-87(94)97-85/h1-58H. The van der Waals surface area contributed by atoms with Gasteiger partial charge in [-0.25, -0.2) is 0 Å². The molecule has 20 aromatic rings. The summed E-state index contributed by atoms with van der Waals surface area (Å²) in [6, 6.07) is 129. The third-order valence-electron chi connectivity index (χ3n) is 20.7. The van der Waals surface area contributed by atoms with Crippen LogP contribution in [0.25, 0.3) is 209 Å². The van der Waals surface area contributed by atoms with E-state index in [1.807, 2.05) is 0 Å². The first-order chi connectivity index (χ1) is 48.6. The second kappa shape index (κ2) is 22.4. The SMILES string of the molecule is c1ccc(-c2ccccc2-c2c3ccccc3c(-c3cccc(-c4cccc5oc6cc(-c7ccc(-c8c9ccccc9c(-c9ccc(-c%10cccc%11oc%12ccc%13ccccc%13c%12c%10%11)cc9)c9ccccc89)c(-c8ccccc8)c7)c7ccccc7c6c45)c3)c3ccccc23)cc1. The highest BCUT2D eigenvalue weighted by molar-refractivity contribution is 6.28. The molecule has 20 rings (SSSR count). The minimum absolute atomic E-state index is 0.854. The van der Waals surface area contributed by atoms with E-state index < -0.39 is 0 Å². The summed E-state index contributed by atoms with van der Waals surface area (Å²) in [6.45, 7) is 0. The lowest BCUT2D eigenvalue weighted by atomic mass is 9.82. The van der Waals surface area contributed by atoms with Gasteiger partial charge < -0.3 is 8.83 Å². The molecule has 2 nitrogen and oxygen atoms in total. The monoisotopic (exact) mass is 1240 g/mol. The van der Waals surface area contributed by atoms with Crippen LogP contribution in [-0.4, -0.2) is 0 Å². The molecule has 0 saturated carbocycles. The van der Waals surface area contributed by atoms with Crippen molar-refractivity contribution < 1.29 is 8.83 Å². The van der Waals surface area contributed by atoms with E-state index in [0.29, 0.717) is 0 Å². The molecule has 0 N–H and O–H groups in total. The molecule has 98 heavy (non-hydrogen) atoms. The summed E-state index contributed by atoms with van der Waals surface area (Å²) in [5.41, 5.74) is 24.7. The highest BCUT2D eigenvalue weighted by Gasteiger charge is 2.25. The van der Waals surface area contributed by atoms with Crippen LogP contribution in [0.15, 0.2) is 361 Å². The zero-order chi connectivity index (χ0) is 64.4. The molecule has 454 valence electrons. The van der Waals surface area contributed by atoms with Gasteiger partial charge >= 0.3 is 0 Å². The van der Waals surface area contributed by atoms with Gasteiger partial charge in [-0.3, -0.25) is 0 Å². The van der Waals surface area contributed by atoms with Crippen molar-refractivity contribution in [3.8, 4) is 100 Å². The number of hydrogen-bond acceptors (Lipinski definition) is 2. The van der Waals surface area contributed by atoms with Gasteiger partial charge in [0.25, 0.3) is 0 Å². The van der Waals surface area contributed by atoms with Crippen molar-refractivity contribution in [2.24, 2.45) is 0 Å². The largest absolute Gasteiger partial charge is 0.456 e. The molecule has 0 atom stereocenters. The van der Waals surface area contributed by atoms with Gasteiger partial charge in [-0.15, -0.1) is 0 Å². The molecule has 2 heterocycles.